The minimum absolute atomic E-state index is 0.225. The summed E-state index contributed by atoms with van der Waals surface area (Å²) in [5, 5.41) is 10.9. The molecule has 18 N–H and O–H groups in total. The normalized spacial score (nSPS) is 16.7. The van der Waals surface area contributed by atoms with E-state index in [0.717, 1.165) is 19.6 Å². The van der Waals surface area contributed by atoms with Crippen molar-refractivity contribution in [3.63, 3.8) is 0 Å². The highest BCUT2D eigenvalue weighted by Gasteiger charge is 2.48. The number of halogens is 16. The zero-order chi connectivity index (χ0) is 67.0. The van der Waals surface area contributed by atoms with E-state index in [-0.39, 0.29) is 23.3 Å². The molecule has 2 atom stereocenters. The number of nitrogens with two attached hydrogens (primary N) is 8. The molecule has 0 amide bonds. The van der Waals surface area contributed by atoms with Gasteiger partial charge < -0.3 is 56.5 Å². The molecule has 0 saturated carbocycles. The van der Waals surface area contributed by atoms with Crippen LogP contribution in [0.3, 0.4) is 0 Å². The van der Waals surface area contributed by atoms with Gasteiger partial charge in [0.2, 0.25) is 0 Å². The first-order valence-electron chi connectivity index (χ1n) is 26.5. The van der Waals surface area contributed by atoms with Gasteiger partial charge in [-0.3, -0.25) is 0 Å². The van der Waals surface area contributed by atoms with Crippen LogP contribution in [-0.2, 0) is 0 Å². The van der Waals surface area contributed by atoms with Gasteiger partial charge in [-0.1, -0.05) is 246 Å². The summed E-state index contributed by atoms with van der Waals surface area (Å²) in [6, 6.07) is 31.7. The van der Waals surface area contributed by atoms with E-state index in [9.17, 15) is 0 Å². The van der Waals surface area contributed by atoms with Crippen molar-refractivity contribution < 1.29 is 0 Å². The van der Waals surface area contributed by atoms with Gasteiger partial charge in [0.25, 0.3) is 0 Å². The number of anilines is 6. The maximum atomic E-state index is 6.90. The number of hydrogen-bond acceptors (Lipinski definition) is 13. The van der Waals surface area contributed by atoms with Crippen molar-refractivity contribution in [2.24, 2.45) is 22.9 Å². The second kappa shape index (κ2) is 30.5. The van der Waals surface area contributed by atoms with Crippen molar-refractivity contribution >= 4 is 255 Å². The Balaban J connectivity index is 0.000000182. The van der Waals surface area contributed by atoms with Gasteiger partial charge in [0.1, 0.15) is 8.67 Å². The average Bonchev–Trinajstić information content (AvgIpc) is 0.903. The lowest BCUT2D eigenvalue weighted by molar-refractivity contribution is 0.449. The zero-order valence-corrected chi connectivity index (χ0v) is 61.7. The minimum Gasteiger partial charge on any atom is -0.399 e. The fourth-order valence-corrected chi connectivity index (χ4v) is 18.2. The van der Waals surface area contributed by atoms with E-state index in [0.29, 0.717) is 139 Å². The molecule has 0 aromatic heterocycles. The molecule has 29 heteroatoms. The highest BCUT2D eigenvalue weighted by atomic mass is 35.5. The summed E-state index contributed by atoms with van der Waals surface area (Å²) < 4.78 is -2.22. The van der Waals surface area contributed by atoms with Gasteiger partial charge in [-0.05, 0) is 97.1 Å². The monoisotopic (exact) mass is 1590 g/mol. The number of alkyl halides is 4. The topological polar surface area (TPSA) is 232 Å². The third-order valence-electron chi connectivity index (χ3n) is 13.9. The number of nitrogens with one attached hydrogen (secondary N) is 2. The maximum absolute atomic E-state index is 6.90. The van der Waals surface area contributed by atoms with Gasteiger partial charge in [0, 0.05) is 102 Å². The van der Waals surface area contributed by atoms with Crippen molar-refractivity contribution in [1.29, 1.82) is 0 Å². The molecule has 0 spiro atoms. The standard InChI is InChI=1S/C26H20Cl6N4S.C24H14Cl6N2S.C12H18Cl4N4S/c1-35-19-7-11(15(29)9-17(19)33)23-13(27)3-5-21(25(23)31)37-22-6-4-14(28)24(26(22)32)12-8-20(36-2)18(34)10-16(12)30;25-15-5-7-19(23(29)21(15)13-3-1-11(31)9-17(13)27)33-20-8-6-16(26)22(24(20)30)14-4-2-12(32)10-18(14)28;13-11(14)5-9(17,18)3-1-7(11)21-8-2-4-10(19,20)6-12(8,15)16/h3-10,35-36H,33-34H2,1-2H3;1-10H,31-32H2;1-4,7-8H,5-6,17-20H2. The lowest BCUT2D eigenvalue weighted by Gasteiger charge is -2.42. The first-order chi connectivity index (χ1) is 42.6. The molecule has 10 rings (SSSR count). The minimum atomic E-state index is -1.11. The molecule has 8 aromatic rings. The van der Waals surface area contributed by atoms with E-state index in [4.69, 9.17) is 231 Å². The number of nitrogen functional groups attached to an aromatic ring is 4. The molecule has 0 saturated heterocycles. The van der Waals surface area contributed by atoms with Crippen LogP contribution in [0.1, 0.15) is 12.8 Å². The lowest BCUT2D eigenvalue weighted by atomic mass is 9.96. The average molecular weight is 1600 g/mol. The number of benzene rings is 8. The highest BCUT2D eigenvalue weighted by molar-refractivity contribution is 8.01. The number of hydrogen-bond donors (Lipinski definition) is 10. The third kappa shape index (κ3) is 17.5. The molecule has 2 aliphatic rings. The zero-order valence-electron chi connectivity index (χ0n) is 47.2. The Morgan fingerprint density at radius 3 is 0.934 bits per heavy atom. The Labute approximate surface area is 620 Å². The van der Waals surface area contributed by atoms with Crippen LogP contribution in [0.4, 0.5) is 34.1 Å². The molecule has 480 valence electrons. The summed E-state index contributed by atoms with van der Waals surface area (Å²) in [6.45, 7) is 0. The van der Waals surface area contributed by atoms with E-state index in [1.807, 2.05) is 36.4 Å². The highest BCUT2D eigenvalue weighted by Crippen LogP contribution is 2.54. The SMILES string of the molecule is CNc1cc(-c2c(Cl)ccc(Sc3ccc(Cl)c(-c4cc(NC)c(N)cc4Cl)c3Cl)c2Cl)c(Cl)cc1N.NC1(N)C=CC(SC2C=CC(N)(N)CC2(Cl)Cl)C(Cl)(Cl)C1.Nc1ccc(-c2c(Cl)ccc(Sc3ccc(Cl)c(-c4ccc(N)cc4Cl)c3Cl)c2Cl)c(Cl)c1. The van der Waals surface area contributed by atoms with Crippen LogP contribution in [0.2, 0.25) is 60.3 Å². The van der Waals surface area contributed by atoms with Crippen LogP contribution >= 0.6 is 221 Å². The maximum Gasteiger partial charge on any atom is 0.136 e. The van der Waals surface area contributed by atoms with E-state index in [2.05, 4.69) is 10.6 Å². The Hall–Kier alpha value is -2.43. The second-order valence-electron chi connectivity index (χ2n) is 20.8. The third-order valence-corrected chi connectivity index (χ3v) is 24.4. The molecule has 91 heavy (non-hydrogen) atoms. The molecule has 0 bridgehead atoms. The van der Waals surface area contributed by atoms with Crippen LogP contribution < -0.4 is 56.5 Å². The molecule has 8 aromatic carbocycles. The van der Waals surface area contributed by atoms with Crippen LogP contribution in [0.5, 0.6) is 0 Å². The summed E-state index contributed by atoms with van der Waals surface area (Å²) in [5.74, 6) is 0. The summed E-state index contributed by atoms with van der Waals surface area (Å²) >= 11 is 109. The van der Waals surface area contributed by atoms with E-state index >= 15 is 0 Å². The Morgan fingerprint density at radius 1 is 0.374 bits per heavy atom. The van der Waals surface area contributed by atoms with E-state index < -0.39 is 20.0 Å². The Kier molecular flexibility index (Phi) is 25.0. The van der Waals surface area contributed by atoms with Gasteiger partial charge in [-0.15, -0.1) is 11.8 Å². The molecule has 2 aliphatic carbocycles. The lowest BCUT2D eigenvalue weighted by Crippen LogP contribution is -2.57. The molecule has 10 nitrogen and oxygen atoms in total. The predicted octanol–water partition coefficient (Wildman–Crippen LogP) is 22.5. The molecular formula is C62H52Cl16N10S3. The van der Waals surface area contributed by atoms with Gasteiger partial charge in [0.05, 0.1) is 105 Å². The number of rotatable bonds is 12. The summed E-state index contributed by atoms with van der Waals surface area (Å²) in [5.41, 5.74) is 53.7. The Bertz CT molecular complexity index is 3910. The van der Waals surface area contributed by atoms with Crippen LogP contribution in [-0.4, -0.2) is 44.6 Å². The van der Waals surface area contributed by atoms with Crippen LogP contribution in [0.25, 0.3) is 44.5 Å². The van der Waals surface area contributed by atoms with Crippen molar-refractivity contribution in [2.45, 2.75) is 62.9 Å². The quantitative estimate of drug-likeness (QED) is 0.0238. The largest absolute Gasteiger partial charge is 0.399 e. The molecule has 0 fully saturated rings. The fraction of sp³-hybridized carbons (Fsp3) is 0.161. The first-order valence-corrected chi connectivity index (χ1v) is 35.1. The van der Waals surface area contributed by atoms with Gasteiger partial charge in [0.15, 0.2) is 0 Å². The summed E-state index contributed by atoms with van der Waals surface area (Å²) in [7, 11) is 3.54. The van der Waals surface area contributed by atoms with Crippen LogP contribution in [0, 0.1) is 0 Å². The van der Waals surface area contributed by atoms with Gasteiger partial charge in [-0.25, -0.2) is 0 Å². The Morgan fingerprint density at radius 2 is 0.659 bits per heavy atom. The molecule has 0 radical (unpaired) electrons. The van der Waals surface area contributed by atoms with Crippen LogP contribution in [0.15, 0.2) is 153 Å². The number of thioether (sulfide) groups is 1. The predicted molar refractivity (Wildman–Crippen MR) is 406 cm³/mol. The van der Waals surface area contributed by atoms with E-state index in [1.165, 1.54) is 35.3 Å². The second-order valence-corrected chi connectivity index (χ2v) is 32.1. The molecular weight excluding hydrogens is 1550 g/mol. The van der Waals surface area contributed by atoms with Crippen molar-refractivity contribution in [3.8, 4) is 44.5 Å². The fourth-order valence-electron chi connectivity index (χ4n) is 9.53. The summed E-state index contributed by atoms with van der Waals surface area (Å²) in [6.07, 6.45) is 7.42. The van der Waals surface area contributed by atoms with Gasteiger partial charge >= 0.3 is 0 Å². The van der Waals surface area contributed by atoms with Gasteiger partial charge in [-0.2, -0.15) is 0 Å². The molecule has 2 unspecified atom stereocenters. The first kappa shape index (κ1) is 74.4. The van der Waals surface area contributed by atoms with E-state index in [1.54, 1.807) is 111 Å². The molecule has 0 heterocycles. The molecule has 0 aliphatic heterocycles. The van der Waals surface area contributed by atoms with Crippen molar-refractivity contribution in [2.75, 3.05) is 47.7 Å². The summed E-state index contributed by atoms with van der Waals surface area (Å²) in [4.78, 5) is 2.91. The van der Waals surface area contributed by atoms with Crippen molar-refractivity contribution in [3.05, 3.63) is 194 Å². The van der Waals surface area contributed by atoms with Crippen molar-refractivity contribution in [1.82, 2.24) is 0 Å². The smallest absolute Gasteiger partial charge is 0.136 e.